The molecule has 0 saturated carbocycles. The van der Waals surface area contributed by atoms with E-state index in [2.05, 4.69) is 37.7 Å². The molecule has 0 aromatic heterocycles. The van der Waals surface area contributed by atoms with Gasteiger partial charge in [0.05, 0.1) is 4.99 Å². The maximum absolute atomic E-state index is 5.77. The van der Waals surface area contributed by atoms with Crippen molar-refractivity contribution >= 4 is 17.2 Å². The van der Waals surface area contributed by atoms with Gasteiger partial charge in [-0.05, 0) is 46.4 Å². The summed E-state index contributed by atoms with van der Waals surface area (Å²) in [6, 6.07) is 0.705. The zero-order valence-corrected chi connectivity index (χ0v) is 12.5. The molecule has 2 N–H and O–H groups in total. The number of likely N-dealkylation sites (tertiary alicyclic amines) is 1. The summed E-state index contributed by atoms with van der Waals surface area (Å²) in [5, 5.41) is 0. The van der Waals surface area contributed by atoms with Gasteiger partial charge < -0.3 is 15.5 Å². The topological polar surface area (TPSA) is 32.5 Å². The number of rotatable bonds is 5. The molecule has 3 nitrogen and oxygen atoms in total. The minimum atomic E-state index is -0.0135. The van der Waals surface area contributed by atoms with Crippen molar-refractivity contribution in [2.24, 2.45) is 11.1 Å². The van der Waals surface area contributed by atoms with Gasteiger partial charge in [0, 0.05) is 18.0 Å². The summed E-state index contributed by atoms with van der Waals surface area (Å²) < 4.78 is 0. The number of thiocarbonyl (C=S) groups is 1. The monoisotopic (exact) mass is 257 g/mol. The van der Waals surface area contributed by atoms with Crippen LogP contribution in [-0.2, 0) is 0 Å². The Balaban J connectivity index is 2.39. The molecule has 1 heterocycles. The Labute approximate surface area is 111 Å². The van der Waals surface area contributed by atoms with Crippen molar-refractivity contribution in [1.82, 2.24) is 9.80 Å². The Morgan fingerprint density at radius 1 is 1.47 bits per heavy atom. The van der Waals surface area contributed by atoms with Crippen LogP contribution in [-0.4, -0.2) is 54.6 Å². The van der Waals surface area contributed by atoms with Gasteiger partial charge in [-0.2, -0.15) is 0 Å². The number of nitrogens with zero attached hydrogens (tertiary/aromatic N) is 2. The van der Waals surface area contributed by atoms with E-state index in [-0.39, 0.29) is 5.41 Å². The molecule has 4 heteroatoms. The molecule has 1 aliphatic rings. The van der Waals surface area contributed by atoms with Gasteiger partial charge in [-0.25, -0.2) is 0 Å². The molecule has 0 radical (unpaired) electrons. The number of hydrogen-bond donors (Lipinski definition) is 1. The van der Waals surface area contributed by atoms with Gasteiger partial charge in [0.15, 0.2) is 0 Å². The van der Waals surface area contributed by atoms with Crippen molar-refractivity contribution in [3.05, 3.63) is 0 Å². The largest absolute Gasteiger partial charge is 0.393 e. The van der Waals surface area contributed by atoms with Gasteiger partial charge in [-0.1, -0.05) is 26.1 Å². The molecule has 0 amide bonds. The zero-order chi connectivity index (χ0) is 13.1. The molecule has 1 unspecified atom stereocenters. The Bertz CT molecular complexity index is 263. The van der Waals surface area contributed by atoms with E-state index in [1.165, 1.54) is 25.9 Å². The number of hydrogen-bond acceptors (Lipinski definition) is 3. The van der Waals surface area contributed by atoms with Crippen LogP contribution in [0.15, 0.2) is 0 Å². The Hall–Kier alpha value is -0.190. The minimum absolute atomic E-state index is 0.0135. The molecule has 0 aromatic rings. The van der Waals surface area contributed by atoms with Gasteiger partial charge in [0.2, 0.25) is 0 Å². The Morgan fingerprint density at radius 3 is 2.65 bits per heavy atom. The highest BCUT2D eigenvalue weighted by Gasteiger charge is 2.25. The molecular formula is C13H27N3S. The van der Waals surface area contributed by atoms with Crippen LogP contribution >= 0.6 is 12.2 Å². The second kappa shape index (κ2) is 6.12. The zero-order valence-electron chi connectivity index (χ0n) is 11.7. The molecular weight excluding hydrogens is 230 g/mol. The third-order valence-corrected chi connectivity index (χ3v) is 4.48. The fraction of sp³-hybridized carbons (Fsp3) is 0.923. The van der Waals surface area contributed by atoms with Crippen LogP contribution < -0.4 is 5.73 Å². The smallest absolute Gasteiger partial charge is 0.0784 e. The van der Waals surface area contributed by atoms with Gasteiger partial charge in [-0.3, -0.25) is 0 Å². The average Bonchev–Trinajstić information content (AvgIpc) is 2.26. The summed E-state index contributed by atoms with van der Waals surface area (Å²) in [4.78, 5) is 5.53. The van der Waals surface area contributed by atoms with Crippen LogP contribution in [0.5, 0.6) is 0 Å². The fourth-order valence-electron chi connectivity index (χ4n) is 2.22. The Morgan fingerprint density at radius 2 is 2.12 bits per heavy atom. The highest BCUT2D eigenvalue weighted by Crippen LogP contribution is 2.22. The summed E-state index contributed by atoms with van der Waals surface area (Å²) in [6.07, 6.45) is 3.68. The highest BCUT2D eigenvalue weighted by atomic mass is 32.1. The summed E-state index contributed by atoms with van der Waals surface area (Å²) in [5.41, 5.74) is 5.75. The standard InChI is InChI=1S/C13H27N3S/c1-13(2,12(14)17)7-9-16-8-5-6-11(10-16)15(3)4/h11H,5-10H2,1-4H3,(H2,14,17). The lowest BCUT2D eigenvalue weighted by Crippen LogP contribution is -2.46. The van der Waals surface area contributed by atoms with Crippen LogP contribution in [0.1, 0.15) is 33.1 Å². The first-order valence-corrected chi connectivity index (χ1v) is 6.92. The van der Waals surface area contributed by atoms with Crippen LogP contribution in [0.25, 0.3) is 0 Å². The molecule has 1 atom stereocenters. The first-order valence-electron chi connectivity index (χ1n) is 6.51. The first kappa shape index (κ1) is 14.9. The second-order valence-electron chi connectivity index (χ2n) is 6.06. The van der Waals surface area contributed by atoms with Crippen LogP contribution in [0, 0.1) is 5.41 Å². The van der Waals surface area contributed by atoms with Crippen LogP contribution in [0.3, 0.4) is 0 Å². The molecule has 100 valence electrons. The van der Waals surface area contributed by atoms with E-state index in [4.69, 9.17) is 18.0 Å². The van der Waals surface area contributed by atoms with Crippen LogP contribution in [0.4, 0.5) is 0 Å². The lowest BCUT2D eigenvalue weighted by Gasteiger charge is -2.37. The normalized spacial score (nSPS) is 23.0. The Kier molecular flexibility index (Phi) is 5.35. The van der Waals surface area contributed by atoms with Gasteiger partial charge in [-0.15, -0.1) is 0 Å². The summed E-state index contributed by atoms with van der Waals surface area (Å²) in [6.45, 7) is 7.79. The van der Waals surface area contributed by atoms with Crippen LogP contribution in [0.2, 0.25) is 0 Å². The average molecular weight is 257 g/mol. The third-order valence-electron chi connectivity index (χ3n) is 3.93. The first-order chi connectivity index (χ1) is 7.83. The quantitative estimate of drug-likeness (QED) is 0.760. The van der Waals surface area contributed by atoms with Crippen molar-refractivity contribution in [3.8, 4) is 0 Å². The van der Waals surface area contributed by atoms with E-state index in [9.17, 15) is 0 Å². The van der Waals surface area contributed by atoms with Crippen molar-refractivity contribution in [2.75, 3.05) is 33.7 Å². The minimum Gasteiger partial charge on any atom is -0.393 e. The highest BCUT2D eigenvalue weighted by molar-refractivity contribution is 7.80. The van der Waals surface area contributed by atoms with Crippen molar-refractivity contribution in [2.45, 2.75) is 39.2 Å². The van der Waals surface area contributed by atoms with Crippen molar-refractivity contribution < 1.29 is 0 Å². The fourth-order valence-corrected chi connectivity index (χ4v) is 2.32. The lowest BCUT2D eigenvalue weighted by molar-refractivity contribution is 0.126. The third kappa shape index (κ3) is 4.53. The molecule has 1 saturated heterocycles. The number of likely N-dealkylation sites (N-methyl/N-ethyl adjacent to an activating group) is 1. The summed E-state index contributed by atoms with van der Waals surface area (Å²) in [7, 11) is 4.35. The molecule has 0 aliphatic carbocycles. The van der Waals surface area contributed by atoms with Gasteiger partial charge in [0.25, 0.3) is 0 Å². The lowest BCUT2D eigenvalue weighted by atomic mass is 9.89. The van der Waals surface area contributed by atoms with Crippen molar-refractivity contribution in [3.63, 3.8) is 0 Å². The van der Waals surface area contributed by atoms with E-state index in [1.54, 1.807) is 0 Å². The second-order valence-corrected chi connectivity index (χ2v) is 6.50. The molecule has 0 bridgehead atoms. The number of piperidine rings is 1. The molecule has 0 spiro atoms. The SMILES string of the molecule is CN(C)C1CCCN(CCC(C)(C)C(N)=S)C1. The van der Waals surface area contributed by atoms with E-state index in [1.807, 2.05) is 0 Å². The van der Waals surface area contributed by atoms with Gasteiger partial charge in [0.1, 0.15) is 0 Å². The maximum atomic E-state index is 5.77. The predicted molar refractivity (Wildman–Crippen MR) is 78.3 cm³/mol. The predicted octanol–water partition coefficient (Wildman–Crippen LogP) is 1.71. The van der Waals surface area contributed by atoms with E-state index in [0.29, 0.717) is 11.0 Å². The molecule has 1 fully saturated rings. The van der Waals surface area contributed by atoms with E-state index >= 15 is 0 Å². The van der Waals surface area contributed by atoms with Crippen molar-refractivity contribution in [1.29, 1.82) is 0 Å². The van der Waals surface area contributed by atoms with E-state index < -0.39 is 0 Å². The molecule has 0 aromatic carbocycles. The molecule has 17 heavy (non-hydrogen) atoms. The number of nitrogens with two attached hydrogens (primary N) is 1. The van der Waals surface area contributed by atoms with E-state index in [0.717, 1.165) is 13.0 Å². The van der Waals surface area contributed by atoms with Gasteiger partial charge >= 0.3 is 0 Å². The molecule has 1 rings (SSSR count). The summed E-state index contributed by atoms with van der Waals surface area (Å²) >= 11 is 5.11. The maximum Gasteiger partial charge on any atom is 0.0784 e. The summed E-state index contributed by atoms with van der Waals surface area (Å²) in [5.74, 6) is 0. The molecule has 1 aliphatic heterocycles.